The van der Waals surface area contributed by atoms with Crippen LogP contribution in [0.25, 0.3) is 17.4 Å². The summed E-state index contributed by atoms with van der Waals surface area (Å²) in [6.07, 6.45) is 1.60. The van der Waals surface area contributed by atoms with Crippen LogP contribution in [0.1, 0.15) is 36.7 Å². The minimum atomic E-state index is -0.341. The standard InChI is InChI=1S/C26H24ClNO4S/c1-16(2)21-10-4-17(3)14-23(21)31-13-12-28-25(29)24(33-26(28)30)15-20-9-11-22(32-20)18-5-7-19(27)8-6-18/h4-11,14-16H,12-13H2,1-3H3/b24-15-. The molecule has 1 saturated heterocycles. The number of rotatable bonds is 7. The zero-order chi connectivity index (χ0) is 23.5. The van der Waals surface area contributed by atoms with E-state index in [9.17, 15) is 9.59 Å². The molecule has 0 radical (unpaired) electrons. The van der Waals surface area contributed by atoms with Crippen LogP contribution in [0.2, 0.25) is 5.02 Å². The molecule has 1 aromatic heterocycles. The second-order valence-electron chi connectivity index (χ2n) is 8.09. The summed E-state index contributed by atoms with van der Waals surface area (Å²) in [5, 5.41) is 0.332. The number of imide groups is 1. The lowest BCUT2D eigenvalue weighted by atomic mass is 10.0. The summed E-state index contributed by atoms with van der Waals surface area (Å²) in [4.78, 5) is 26.8. The Kier molecular flexibility index (Phi) is 6.96. The van der Waals surface area contributed by atoms with Crippen LogP contribution in [0.5, 0.6) is 5.75 Å². The van der Waals surface area contributed by atoms with Crippen molar-refractivity contribution in [3.8, 4) is 17.1 Å². The van der Waals surface area contributed by atoms with Gasteiger partial charge >= 0.3 is 0 Å². The maximum absolute atomic E-state index is 12.8. The van der Waals surface area contributed by atoms with E-state index in [2.05, 4.69) is 26.0 Å². The number of nitrogens with zero attached hydrogens (tertiary/aromatic N) is 1. The molecule has 3 aromatic rings. The summed E-state index contributed by atoms with van der Waals surface area (Å²) in [7, 11) is 0. The largest absolute Gasteiger partial charge is 0.491 e. The first-order valence-corrected chi connectivity index (χ1v) is 11.9. The highest BCUT2D eigenvalue weighted by atomic mass is 35.5. The van der Waals surface area contributed by atoms with Crippen LogP contribution in [-0.4, -0.2) is 29.2 Å². The molecule has 4 rings (SSSR count). The molecule has 0 atom stereocenters. The summed E-state index contributed by atoms with van der Waals surface area (Å²) < 4.78 is 11.8. The molecule has 2 aromatic carbocycles. The minimum absolute atomic E-state index is 0.182. The van der Waals surface area contributed by atoms with E-state index >= 15 is 0 Å². The number of carbonyl (C=O) groups is 2. The number of aryl methyl sites for hydroxylation is 1. The minimum Gasteiger partial charge on any atom is -0.491 e. The van der Waals surface area contributed by atoms with Gasteiger partial charge in [0.2, 0.25) is 0 Å². The first kappa shape index (κ1) is 23.2. The second-order valence-corrected chi connectivity index (χ2v) is 9.52. The molecule has 0 unspecified atom stereocenters. The Morgan fingerprint density at radius 3 is 2.58 bits per heavy atom. The average molecular weight is 482 g/mol. The zero-order valence-electron chi connectivity index (χ0n) is 18.6. The van der Waals surface area contributed by atoms with E-state index in [0.29, 0.717) is 27.4 Å². The third-order valence-corrected chi connectivity index (χ3v) is 6.43. The van der Waals surface area contributed by atoms with Crippen molar-refractivity contribution in [3.05, 3.63) is 81.4 Å². The molecular weight excluding hydrogens is 458 g/mol. The van der Waals surface area contributed by atoms with Gasteiger partial charge in [0.15, 0.2) is 0 Å². The fourth-order valence-corrected chi connectivity index (χ4v) is 4.48. The lowest BCUT2D eigenvalue weighted by Crippen LogP contribution is -2.32. The molecule has 2 heterocycles. The van der Waals surface area contributed by atoms with Gasteiger partial charge in [-0.1, -0.05) is 37.6 Å². The van der Waals surface area contributed by atoms with Gasteiger partial charge in [0.05, 0.1) is 11.4 Å². The van der Waals surface area contributed by atoms with E-state index in [0.717, 1.165) is 34.2 Å². The van der Waals surface area contributed by atoms with Crippen molar-refractivity contribution in [3.63, 3.8) is 0 Å². The van der Waals surface area contributed by atoms with Crippen LogP contribution in [-0.2, 0) is 4.79 Å². The quantitative estimate of drug-likeness (QED) is 0.335. The number of carbonyl (C=O) groups excluding carboxylic acids is 2. The van der Waals surface area contributed by atoms with Crippen molar-refractivity contribution in [2.45, 2.75) is 26.7 Å². The van der Waals surface area contributed by atoms with Crippen LogP contribution in [0, 0.1) is 6.92 Å². The van der Waals surface area contributed by atoms with Crippen LogP contribution >= 0.6 is 23.4 Å². The second kappa shape index (κ2) is 9.89. The molecule has 0 N–H and O–H groups in total. The van der Waals surface area contributed by atoms with Gasteiger partial charge in [-0.2, -0.15) is 0 Å². The molecule has 7 heteroatoms. The molecule has 0 bridgehead atoms. The molecule has 0 spiro atoms. The Balaban J connectivity index is 1.42. The number of halogens is 1. The van der Waals surface area contributed by atoms with Gasteiger partial charge in [-0.3, -0.25) is 14.5 Å². The van der Waals surface area contributed by atoms with E-state index in [1.807, 2.05) is 31.2 Å². The molecule has 1 aliphatic heterocycles. The van der Waals surface area contributed by atoms with Gasteiger partial charge in [-0.25, -0.2) is 0 Å². The molecule has 2 amide bonds. The van der Waals surface area contributed by atoms with Gasteiger partial charge in [-0.15, -0.1) is 0 Å². The van der Waals surface area contributed by atoms with Crippen molar-refractivity contribution in [1.82, 2.24) is 4.90 Å². The van der Waals surface area contributed by atoms with Crippen LogP contribution in [0.4, 0.5) is 4.79 Å². The normalized spacial score (nSPS) is 15.2. The Bertz CT molecular complexity index is 1210. The van der Waals surface area contributed by atoms with Gasteiger partial charge < -0.3 is 9.15 Å². The maximum atomic E-state index is 12.8. The summed E-state index contributed by atoms with van der Waals surface area (Å²) in [6.45, 7) is 6.63. The molecule has 1 aliphatic rings. The van der Waals surface area contributed by atoms with Crippen molar-refractivity contribution < 1.29 is 18.7 Å². The summed E-state index contributed by atoms with van der Waals surface area (Å²) >= 11 is 6.84. The third kappa shape index (κ3) is 5.34. The van der Waals surface area contributed by atoms with Crippen LogP contribution in [0.15, 0.2) is 63.9 Å². The zero-order valence-corrected chi connectivity index (χ0v) is 20.2. The molecule has 0 saturated carbocycles. The first-order valence-electron chi connectivity index (χ1n) is 10.7. The number of hydrogen-bond donors (Lipinski definition) is 0. The molecule has 5 nitrogen and oxygen atoms in total. The van der Waals surface area contributed by atoms with Gasteiger partial charge in [0.25, 0.3) is 11.1 Å². The van der Waals surface area contributed by atoms with Crippen LogP contribution < -0.4 is 4.74 Å². The summed E-state index contributed by atoms with van der Waals surface area (Å²) in [5.74, 6) is 1.92. The number of furan rings is 1. The summed E-state index contributed by atoms with van der Waals surface area (Å²) in [6, 6.07) is 17.0. The SMILES string of the molecule is Cc1ccc(C(C)C)c(OCCN2C(=O)S/C(=C\c3ccc(-c4ccc(Cl)cc4)o3)C2=O)c1. The Hall–Kier alpha value is -2.96. The molecule has 33 heavy (non-hydrogen) atoms. The molecule has 170 valence electrons. The Morgan fingerprint density at radius 2 is 1.85 bits per heavy atom. The number of benzene rings is 2. The highest BCUT2D eigenvalue weighted by Gasteiger charge is 2.35. The molecule has 1 fully saturated rings. The van der Waals surface area contributed by atoms with Gasteiger partial charge in [-0.05, 0) is 78.2 Å². The van der Waals surface area contributed by atoms with Crippen molar-refractivity contribution >= 4 is 40.6 Å². The fourth-order valence-electron chi connectivity index (χ4n) is 3.51. The maximum Gasteiger partial charge on any atom is 0.293 e. The third-order valence-electron chi connectivity index (χ3n) is 5.27. The summed E-state index contributed by atoms with van der Waals surface area (Å²) in [5.41, 5.74) is 3.07. The number of thioether (sulfide) groups is 1. The topological polar surface area (TPSA) is 59.8 Å². The smallest absolute Gasteiger partial charge is 0.293 e. The predicted molar refractivity (Wildman–Crippen MR) is 133 cm³/mol. The molecular formula is C26H24ClNO4S. The average Bonchev–Trinajstić information content (AvgIpc) is 3.34. The molecule has 0 aliphatic carbocycles. The monoisotopic (exact) mass is 481 g/mol. The Labute approximate surface area is 202 Å². The van der Waals surface area contributed by atoms with E-state index in [1.165, 1.54) is 4.90 Å². The number of ether oxygens (including phenoxy) is 1. The van der Waals surface area contributed by atoms with Crippen molar-refractivity contribution in [2.24, 2.45) is 0 Å². The fraction of sp³-hybridized carbons (Fsp3) is 0.231. The van der Waals surface area contributed by atoms with E-state index < -0.39 is 0 Å². The Morgan fingerprint density at radius 1 is 1.09 bits per heavy atom. The number of hydrogen-bond acceptors (Lipinski definition) is 5. The highest BCUT2D eigenvalue weighted by molar-refractivity contribution is 8.18. The van der Waals surface area contributed by atoms with Gasteiger partial charge in [0, 0.05) is 16.7 Å². The first-order chi connectivity index (χ1) is 15.8. The lowest BCUT2D eigenvalue weighted by Gasteiger charge is -2.17. The lowest BCUT2D eigenvalue weighted by molar-refractivity contribution is -0.123. The van der Waals surface area contributed by atoms with Crippen LogP contribution in [0.3, 0.4) is 0 Å². The van der Waals surface area contributed by atoms with Crippen molar-refractivity contribution in [2.75, 3.05) is 13.2 Å². The van der Waals surface area contributed by atoms with E-state index in [-0.39, 0.29) is 24.3 Å². The highest BCUT2D eigenvalue weighted by Crippen LogP contribution is 2.34. The number of amides is 2. The van der Waals surface area contributed by atoms with Gasteiger partial charge in [0.1, 0.15) is 23.9 Å². The van der Waals surface area contributed by atoms with E-state index in [1.54, 1.807) is 24.3 Å². The predicted octanol–water partition coefficient (Wildman–Crippen LogP) is 7.15. The van der Waals surface area contributed by atoms with E-state index in [4.69, 9.17) is 20.8 Å². The van der Waals surface area contributed by atoms with Crippen molar-refractivity contribution in [1.29, 1.82) is 0 Å².